The second kappa shape index (κ2) is 8.18. The summed E-state index contributed by atoms with van der Waals surface area (Å²) in [5, 5.41) is 4.03. The third kappa shape index (κ3) is 3.81. The van der Waals surface area contributed by atoms with Crippen LogP contribution in [0.1, 0.15) is 23.1 Å². The zero-order valence-corrected chi connectivity index (χ0v) is 17.4. The van der Waals surface area contributed by atoms with Gasteiger partial charge in [0.2, 0.25) is 0 Å². The maximum Gasteiger partial charge on any atom is 0.183 e. The third-order valence-electron chi connectivity index (χ3n) is 5.51. The van der Waals surface area contributed by atoms with Gasteiger partial charge in [0.15, 0.2) is 5.13 Å². The van der Waals surface area contributed by atoms with Gasteiger partial charge < -0.3 is 10.1 Å². The van der Waals surface area contributed by atoms with Gasteiger partial charge in [0.05, 0.1) is 10.2 Å². The molecule has 1 atom stereocenters. The molecule has 1 aliphatic rings. The van der Waals surface area contributed by atoms with Gasteiger partial charge in [-0.1, -0.05) is 78.1 Å². The molecule has 146 valence electrons. The van der Waals surface area contributed by atoms with E-state index in [1.807, 2.05) is 43.4 Å². The first-order valence-electron chi connectivity index (χ1n) is 9.78. The first-order chi connectivity index (χ1) is 14.2. The zero-order chi connectivity index (χ0) is 20.3. The Bertz CT molecular complexity index is 1070. The fourth-order valence-corrected chi connectivity index (χ4v) is 4.81. The first kappa shape index (κ1) is 19.3. The van der Waals surface area contributed by atoms with Gasteiger partial charge in [0.1, 0.15) is 6.29 Å². The van der Waals surface area contributed by atoms with Crippen LogP contribution in [0.25, 0.3) is 10.2 Å². The summed E-state index contributed by atoms with van der Waals surface area (Å²) in [6.45, 7) is 2.10. The molecule has 3 aromatic carbocycles. The minimum atomic E-state index is -0.0652. The van der Waals surface area contributed by atoms with Crippen molar-refractivity contribution in [3.05, 3.63) is 95.6 Å². The monoisotopic (exact) mass is 400 g/mol. The molecule has 5 rings (SSSR count). The van der Waals surface area contributed by atoms with Gasteiger partial charge in [0.25, 0.3) is 0 Å². The average molecular weight is 401 g/mol. The molecule has 0 bridgehead atoms. The van der Waals surface area contributed by atoms with Crippen molar-refractivity contribution < 1.29 is 4.79 Å². The van der Waals surface area contributed by atoms with Gasteiger partial charge in [-0.2, -0.15) is 0 Å². The molecule has 29 heavy (non-hydrogen) atoms. The topological polar surface area (TPSA) is 42.0 Å². The van der Waals surface area contributed by atoms with E-state index in [1.54, 1.807) is 11.3 Å². The average Bonchev–Trinajstić information content (AvgIpc) is 3.39. The molecule has 1 N–H and O–H groups in total. The van der Waals surface area contributed by atoms with E-state index in [0.717, 1.165) is 23.4 Å². The normalized spacial score (nSPS) is 16.6. The van der Waals surface area contributed by atoms with Gasteiger partial charge in [-0.25, -0.2) is 4.98 Å². The van der Waals surface area contributed by atoms with E-state index < -0.39 is 0 Å². The molecule has 4 heteroatoms. The highest BCUT2D eigenvalue weighted by Crippen LogP contribution is 2.57. The zero-order valence-electron chi connectivity index (χ0n) is 16.6. The number of aryl methyl sites for hydroxylation is 1. The Balaban J connectivity index is 0.000000150. The van der Waals surface area contributed by atoms with Crippen LogP contribution < -0.4 is 5.32 Å². The van der Waals surface area contributed by atoms with Crippen LogP contribution in [-0.2, 0) is 10.2 Å². The number of hydrogen-bond donors (Lipinski definition) is 1. The number of aromatic nitrogens is 1. The summed E-state index contributed by atoms with van der Waals surface area (Å²) in [5.41, 5.74) is 4.81. The summed E-state index contributed by atoms with van der Waals surface area (Å²) in [5.74, 6) is 0.132. The van der Waals surface area contributed by atoms with Crippen molar-refractivity contribution in [2.75, 3.05) is 12.4 Å². The van der Waals surface area contributed by atoms with E-state index in [0.29, 0.717) is 0 Å². The summed E-state index contributed by atoms with van der Waals surface area (Å²) >= 11 is 1.69. The van der Waals surface area contributed by atoms with Gasteiger partial charge in [-0.15, -0.1) is 0 Å². The molecule has 0 radical (unpaired) electrons. The number of carbonyl (C=O) groups is 1. The number of benzene rings is 3. The third-order valence-corrected chi connectivity index (χ3v) is 6.55. The molecule has 1 heterocycles. The summed E-state index contributed by atoms with van der Waals surface area (Å²) in [4.78, 5) is 15.5. The fourth-order valence-electron chi connectivity index (χ4n) is 3.89. The minimum Gasteiger partial charge on any atom is -0.365 e. The van der Waals surface area contributed by atoms with Crippen LogP contribution in [0.5, 0.6) is 0 Å². The number of thiazole rings is 1. The Kier molecular flexibility index (Phi) is 5.45. The molecular weight excluding hydrogens is 376 g/mol. The van der Waals surface area contributed by atoms with E-state index in [9.17, 15) is 4.79 Å². The Morgan fingerprint density at radius 3 is 2.14 bits per heavy atom. The number of nitrogens with one attached hydrogen (secondary N) is 1. The van der Waals surface area contributed by atoms with Gasteiger partial charge in [-0.05, 0) is 42.2 Å². The Morgan fingerprint density at radius 2 is 1.62 bits per heavy atom. The van der Waals surface area contributed by atoms with Crippen molar-refractivity contribution in [2.24, 2.45) is 5.92 Å². The second-order valence-electron chi connectivity index (χ2n) is 7.39. The number of hydrogen-bond acceptors (Lipinski definition) is 4. The summed E-state index contributed by atoms with van der Waals surface area (Å²) < 4.78 is 1.25. The van der Waals surface area contributed by atoms with E-state index in [-0.39, 0.29) is 11.3 Å². The van der Waals surface area contributed by atoms with E-state index in [4.69, 9.17) is 0 Å². The van der Waals surface area contributed by atoms with Crippen molar-refractivity contribution in [2.45, 2.75) is 18.8 Å². The van der Waals surface area contributed by atoms with E-state index in [2.05, 4.69) is 59.7 Å². The molecule has 0 spiro atoms. The predicted molar refractivity (Wildman–Crippen MR) is 122 cm³/mol. The molecule has 1 fully saturated rings. The van der Waals surface area contributed by atoms with Gasteiger partial charge in [0, 0.05) is 18.4 Å². The van der Waals surface area contributed by atoms with Crippen molar-refractivity contribution in [3.8, 4) is 0 Å². The minimum absolute atomic E-state index is 0.0652. The lowest BCUT2D eigenvalue weighted by Gasteiger charge is -2.17. The van der Waals surface area contributed by atoms with Crippen molar-refractivity contribution in [1.82, 2.24) is 4.98 Å². The van der Waals surface area contributed by atoms with Crippen molar-refractivity contribution in [1.29, 1.82) is 0 Å². The Labute approximate surface area is 175 Å². The number of rotatable bonds is 4. The van der Waals surface area contributed by atoms with Crippen LogP contribution in [0, 0.1) is 12.8 Å². The number of carbonyl (C=O) groups excluding carboxylic acids is 1. The molecule has 1 unspecified atom stereocenters. The van der Waals surface area contributed by atoms with Crippen LogP contribution in [0.4, 0.5) is 5.13 Å². The number of fused-ring (bicyclic) bond motifs is 1. The van der Waals surface area contributed by atoms with Gasteiger partial charge >= 0.3 is 0 Å². The smallest absolute Gasteiger partial charge is 0.183 e. The summed E-state index contributed by atoms with van der Waals surface area (Å²) in [6, 6.07) is 27.0. The lowest BCUT2D eigenvalue weighted by atomic mass is 9.86. The standard InChI is InChI=1S/C16H14O.C9H10N2S/c17-12-15-11-16(15,13-7-3-1-4-8-13)14-9-5-2-6-10-14;1-6-3-4-7-8(5-6)12-9(10-2)11-7/h1-10,12,15H,11H2;3-5H,1-2H3,(H,10,11). The van der Waals surface area contributed by atoms with Crippen LogP contribution in [0.3, 0.4) is 0 Å². The highest BCUT2D eigenvalue weighted by Gasteiger charge is 2.56. The largest absolute Gasteiger partial charge is 0.365 e. The Hall–Kier alpha value is -2.98. The van der Waals surface area contributed by atoms with Crippen molar-refractivity contribution in [3.63, 3.8) is 0 Å². The molecule has 0 aliphatic heterocycles. The quantitative estimate of drug-likeness (QED) is 0.438. The molecule has 1 aromatic heterocycles. The van der Waals surface area contributed by atoms with Crippen molar-refractivity contribution >= 4 is 33.0 Å². The fraction of sp³-hybridized carbons (Fsp3) is 0.200. The number of aldehydes is 1. The van der Waals surface area contributed by atoms with Crippen LogP contribution in [0.15, 0.2) is 78.9 Å². The lowest BCUT2D eigenvalue weighted by molar-refractivity contribution is -0.109. The van der Waals surface area contributed by atoms with Crippen LogP contribution >= 0.6 is 11.3 Å². The van der Waals surface area contributed by atoms with E-state index in [1.165, 1.54) is 21.4 Å². The molecule has 0 amide bonds. The van der Waals surface area contributed by atoms with Gasteiger partial charge in [-0.3, -0.25) is 0 Å². The first-order valence-corrected chi connectivity index (χ1v) is 10.6. The van der Waals surface area contributed by atoms with Crippen LogP contribution in [0.2, 0.25) is 0 Å². The summed E-state index contributed by atoms with van der Waals surface area (Å²) in [6.07, 6.45) is 2.03. The number of anilines is 1. The molecule has 1 aliphatic carbocycles. The Morgan fingerprint density at radius 1 is 1.00 bits per heavy atom. The molecule has 3 nitrogen and oxygen atoms in total. The molecule has 1 saturated carbocycles. The maximum absolute atomic E-state index is 11.1. The predicted octanol–water partition coefficient (Wildman–Crippen LogP) is 5.84. The number of nitrogens with zero attached hydrogens (tertiary/aromatic N) is 1. The molecule has 0 saturated heterocycles. The highest BCUT2D eigenvalue weighted by atomic mass is 32.1. The van der Waals surface area contributed by atoms with E-state index >= 15 is 0 Å². The van der Waals surface area contributed by atoms with Crippen LogP contribution in [-0.4, -0.2) is 18.3 Å². The maximum atomic E-state index is 11.1. The molecular formula is C25H24N2OS. The lowest BCUT2D eigenvalue weighted by Crippen LogP contribution is -2.12. The molecule has 4 aromatic rings. The SMILES string of the molecule is CNc1nc2ccc(C)cc2s1.O=CC1CC1(c1ccccc1)c1ccccc1. The highest BCUT2D eigenvalue weighted by molar-refractivity contribution is 7.22. The second-order valence-corrected chi connectivity index (χ2v) is 8.42. The summed E-state index contributed by atoms with van der Waals surface area (Å²) in [7, 11) is 1.89.